The zero-order valence-electron chi connectivity index (χ0n) is 9.66. The fourth-order valence-corrected chi connectivity index (χ4v) is 2.99. The summed E-state index contributed by atoms with van der Waals surface area (Å²) in [7, 11) is 0. The molecule has 0 aromatic carbocycles. The van der Waals surface area contributed by atoms with Gasteiger partial charge in [-0.1, -0.05) is 6.42 Å². The van der Waals surface area contributed by atoms with Gasteiger partial charge in [-0.25, -0.2) is 4.79 Å². The van der Waals surface area contributed by atoms with Crippen LogP contribution in [0.25, 0.3) is 0 Å². The van der Waals surface area contributed by atoms with Gasteiger partial charge in [0, 0.05) is 6.92 Å². The molecule has 0 bridgehead atoms. The largest absolute Gasteiger partial charge is 0.480 e. The monoisotopic (exact) mass is 225 g/mol. The molecule has 2 atom stereocenters. The number of carboxylic acids is 1. The summed E-state index contributed by atoms with van der Waals surface area (Å²) in [5.74, 6) is 0.108. The van der Waals surface area contributed by atoms with E-state index in [2.05, 4.69) is 5.32 Å². The predicted octanol–water partition coefficient (Wildman–Crippen LogP) is 1.55. The molecule has 0 spiro atoms. The molecule has 0 aliphatic heterocycles. The summed E-state index contributed by atoms with van der Waals surface area (Å²) in [6.07, 6.45) is 5.70. The quantitative estimate of drug-likeness (QED) is 0.765. The van der Waals surface area contributed by atoms with E-state index in [0.717, 1.165) is 12.8 Å². The van der Waals surface area contributed by atoms with Gasteiger partial charge in [0.05, 0.1) is 0 Å². The Morgan fingerprint density at radius 2 is 1.94 bits per heavy atom. The zero-order chi connectivity index (χ0) is 11.8. The van der Waals surface area contributed by atoms with Crippen LogP contribution in [0.5, 0.6) is 0 Å². The van der Waals surface area contributed by atoms with Crippen molar-refractivity contribution < 1.29 is 14.7 Å². The second-order valence-electron chi connectivity index (χ2n) is 5.26. The third-order valence-electron chi connectivity index (χ3n) is 3.90. The van der Waals surface area contributed by atoms with E-state index < -0.39 is 11.5 Å². The Hall–Kier alpha value is -1.06. The summed E-state index contributed by atoms with van der Waals surface area (Å²) in [5, 5.41) is 12.0. The average Bonchev–Trinajstić information content (AvgIpc) is 2.99. The third kappa shape index (κ3) is 2.20. The molecular formula is C12H19NO3. The van der Waals surface area contributed by atoms with E-state index in [-0.39, 0.29) is 5.91 Å². The van der Waals surface area contributed by atoms with Crippen LogP contribution in [-0.4, -0.2) is 22.5 Å². The number of carboxylic acid groups (broad SMARTS) is 1. The normalized spacial score (nSPS) is 34.4. The van der Waals surface area contributed by atoms with Crippen LogP contribution in [-0.2, 0) is 9.59 Å². The van der Waals surface area contributed by atoms with Crippen molar-refractivity contribution in [3.05, 3.63) is 0 Å². The molecule has 2 fully saturated rings. The van der Waals surface area contributed by atoms with Crippen molar-refractivity contribution in [2.24, 2.45) is 11.8 Å². The van der Waals surface area contributed by atoms with Crippen molar-refractivity contribution in [1.82, 2.24) is 5.32 Å². The first-order chi connectivity index (χ1) is 7.53. The summed E-state index contributed by atoms with van der Waals surface area (Å²) >= 11 is 0. The fraction of sp³-hybridized carbons (Fsp3) is 0.833. The summed E-state index contributed by atoms with van der Waals surface area (Å²) in [6.45, 7) is 1.39. The van der Waals surface area contributed by atoms with Crippen molar-refractivity contribution in [2.75, 3.05) is 0 Å². The van der Waals surface area contributed by atoms with E-state index in [1.54, 1.807) is 0 Å². The van der Waals surface area contributed by atoms with Crippen LogP contribution in [0.3, 0.4) is 0 Å². The molecule has 90 valence electrons. The van der Waals surface area contributed by atoms with E-state index in [0.29, 0.717) is 24.7 Å². The van der Waals surface area contributed by atoms with Crippen LogP contribution in [0.1, 0.15) is 45.4 Å². The number of hydrogen-bond donors (Lipinski definition) is 2. The van der Waals surface area contributed by atoms with Crippen molar-refractivity contribution in [2.45, 2.75) is 51.0 Å². The molecule has 0 aromatic rings. The van der Waals surface area contributed by atoms with Gasteiger partial charge in [0.15, 0.2) is 0 Å². The Morgan fingerprint density at radius 3 is 2.44 bits per heavy atom. The molecular weight excluding hydrogens is 206 g/mol. The number of hydrogen-bond acceptors (Lipinski definition) is 2. The first-order valence-corrected chi connectivity index (χ1v) is 6.06. The lowest BCUT2D eigenvalue weighted by atomic mass is 9.73. The van der Waals surface area contributed by atoms with Crippen molar-refractivity contribution in [3.8, 4) is 0 Å². The lowest BCUT2D eigenvalue weighted by molar-refractivity contribution is -0.150. The zero-order valence-corrected chi connectivity index (χ0v) is 9.66. The number of nitrogens with one attached hydrogen (secondary N) is 1. The van der Waals surface area contributed by atoms with Crippen LogP contribution >= 0.6 is 0 Å². The molecule has 16 heavy (non-hydrogen) atoms. The molecule has 0 radical (unpaired) electrons. The topological polar surface area (TPSA) is 66.4 Å². The highest BCUT2D eigenvalue weighted by atomic mass is 16.4. The molecule has 2 N–H and O–H groups in total. The van der Waals surface area contributed by atoms with Crippen molar-refractivity contribution in [3.63, 3.8) is 0 Å². The number of aliphatic carboxylic acids is 1. The molecule has 4 nitrogen and oxygen atoms in total. The lowest BCUT2D eigenvalue weighted by Gasteiger charge is -2.38. The van der Waals surface area contributed by atoms with Crippen LogP contribution in [0, 0.1) is 11.8 Å². The highest BCUT2D eigenvalue weighted by molar-refractivity contribution is 5.86. The first kappa shape index (κ1) is 11.4. The van der Waals surface area contributed by atoms with E-state index in [1.807, 2.05) is 0 Å². The van der Waals surface area contributed by atoms with Crippen molar-refractivity contribution in [1.29, 1.82) is 0 Å². The minimum Gasteiger partial charge on any atom is -0.480 e. The van der Waals surface area contributed by atoms with E-state index in [1.165, 1.54) is 19.8 Å². The Bertz CT molecular complexity index is 311. The molecule has 0 saturated heterocycles. The molecule has 2 rings (SSSR count). The van der Waals surface area contributed by atoms with Crippen LogP contribution < -0.4 is 5.32 Å². The average molecular weight is 225 g/mol. The Labute approximate surface area is 95.4 Å². The maximum Gasteiger partial charge on any atom is 0.329 e. The minimum atomic E-state index is -0.989. The van der Waals surface area contributed by atoms with Gasteiger partial charge in [0.1, 0.15) is 5.54 Å². The standard InChI is InChI=1S/C12H19NO3/c1-8(14)13-12(11(15)16)6-2-3-10(7-12)9-4-5-9/h9-10H,2-7H2,1H3,(H,13,14)(H,15,16). The fourth-order valence-electron chi connectivity index (χ4n) is 2.99. The number of carbonyl (C=O) groups excluding carboxylic acids is 1. The van der Waals surface area contributed by atoms with E-state index in [9.17, 15) is 14.7 Å². The summed E-state index contributed by atoms with van der Waals surface area (Å²) in [5.41, 5.74) is -0.989. The Morgan fingerprint density at radius 1 is 1.25 bits per heavy atom. The van der Waals surface area contributed by atoms with Gasteiger partial charge in [-0.15, -0.1) is 0 Å². The Balaban J connectivity index is 2.10. The van der Waals surface area contributed by atoms with Gasteiger partial charge in [-0.2, -0.15) is 0 Å². The maximum absolute atomic E-state index is 11.4. The smallest absolute Gasteiger partial charge is 0.329 e. The lowest BCUT2D eigenvalue weighted by Crippen LogP contribution is -2.56. The van der Waals surface area contributed by atoms with Crippen molar-refractivity contribution >= 4 is 11.9 Å². The second kappa shape index (κ2) is 4.07. The van der Waals surface area contributed by atoms with E-state index >= 15 is 0 Å². The highest BCUT2D eigenvalue weighted by Gasteiger charge is 2.47. The second-order valence-corrected chi connectivity index (χ2v) is 5.26. The molecule has 2 unspecified atom stereocenters. The predicted molar refractivity (Wildman–Crippen MR) is 58.9 cm³/mol. The molecule has 0 aromatic heterocycles. The van der Waals surface area contributed by atoms with Gasteiger partial charge in [-0.05, 0) is 43.9 Å². The van der Waals surface area contributed by atoms with Gasteiger partial charge < -0.3 is 10.4 Å². The highest BCUT2D eigenvalue weighted by Crippen LogP contribution is 2.46. The third-order valence-corrected chi connectivity index (χ3v) is 3.90. The minimum absolute atomic E-state index is 0.237. The molecule has 2 saturated carbocycles. The summed E-state index contributed by atoms with van der Waals surface area (Å²) < 4.78 is 0. The van der Waals surface area contributed by atoms with Gasteiger partial charge in [0.25, 0.3) is 0 Å². The number of rotatable bonds is 3. The maximum atomic E-state index is 11.4. The van der Waals surface area contributed by atoms with Gasteiger partial charge >= 0.3 is 5.97 Å². The number of amides is 1. The van der Waals surface area contributed by atoms with Crippen LogP contribution in [0.2, 0.25) is 0 Å². The summed E-state index contributed by atoms with van der Waals surface area (Å²) in [6, 6.07) is 0. The Kier molecular flexibility index (Phi) is 2.91. The van der Waals surface area contributed by atoms with Crippen LogP contribution in [0.15, 0.2) is 0 Å². The van der Waals surface area contributed by atoms with Crippen LogP contribution in [0.4, 0.5) is 0 Å². The summed E-state index contributed by atoms with van der Waals surface area (Å²) in [4.78, 5) is 22.5. The van der Waals surface area contributed by atoms with E-state index in [4.69, 9.17) is 0 Å². The van der Waals surface area contributed by atoms with Gasteiger partial charge in [0.2, 0.25) is 5.91 Å². The van der Waals surface area contributed by atoms with Gasteiger partial charge in [-0.3, -0.25) is 4.79 Å². The first-order valence-electron chi connectivity index (χ1n) is 6.06. The number of carbonyl (C=O) groups is 2. The molecule has 0 heterocycles. The molecule has 1 amide bonds. The molecule has 2 aliphatic rings. The molecule has 2 aliphatic carbocycles. The molecule has 4 heteroatoms. The SMILES string of the molecule is CC(=O)NC1(C(=O)O)CCCC(C2CC2)C1.